The molecule has 0 unspecified atom stereocenters. The SMILES string of the molecule is O=C(O)C(C(=O)O)c1ccc(Cl)cc1F. The molecule has 0 aromatic heterocycles. The molecule has 0 spiro atoms. The molecular weight excluding hydrogens is 227 g/mol. The summed E-state index contributed by atoms with van der Waals surface area (Å²) in [4.78, 5) is 21.2. The van der Waals surface area contributed by atoms with Gasteiger partial charge in [-0.2, -0.15) is 0 Å². The van der Waals surface area contributed by atoms with Crippen LogP contribution in [-0.4, -0.2) is 22.2 Å². The molecule has 0 bridgehead atoms. The van der Waals surface area contributed by atoms with Crippen LogP contribution in [0, 0.1) is 5.82 Å². The molecule has 0 radical (unpaired) electrons. The van der Waals surface area contributed by atoms with Crippen LogP contribution in [-0.2, 0) is 9.59 Å². The second kappa shape index (κ2) is 4.27. The summed E-state index contributed by atoms with van der Waals surface area (Å²) < 4.78 is 13.2. The predicted molar refractivity (Wildman–Crippen MR) is 49.4 cm³/mol. The van der Waals surface area contributed by atoms with Gasteiger partial charge in [-0.1, -0.05) is 17.7 Å². The summed E-state index contributed by atoms with van der Waals surface area (Å²) in [7, 11) is 0. The smallest absolute Gasteiger partial charge is 0.322 e. The molecule has 4 nitrogen and oxygen atoms in total. The Kier molecular flexibility index (Phi) is 3.26. The Morgan fingerprint density at radius 1 is 1.27 bits per heavy atom. The van der Waals surface area contributed by atoms with Crippen LogP contribution >= 0.6 is 11.6 Å². The predicted octanol–water partition coefficient (Wildman–Crippen LogP) is 1.73. The first-order valence-corrected chi connectivity index (χ1v) is 4.22. The molecule has 0 saturated carbocycles. The minimum Gasteiger partial charge on any atom is -0.480 e. The molecule has 1 aromatic carbocycles. The summed E-state index contributed by atoms with van der Waals surface area (Å²) in [6.45, 7) is 0. The number of aliphatic carboxylic acids is 2. The Morgan fingerprint density at radius 3 is 2.20 bits per heavy atom. The van der Waals surface area contributed by atoms with Crippen LogP contribution in [0.4, 0.5) is 4.39 Å². The molecule has 6 heteroatoms. The molecule has 0 atom stereocenters. The molecule has 0 fully saturated rings. The monoisotopic (exact) mass is 232 g/mol. The van der Waals surface area contributed by atoms with Crippen molar-refractivity contribution in [2.45, 2.75) is 5.92 Å². The Hall–Kier alpha value is -1.62. The van der Waals surface area contributed by atoms with E-state index in [0.717, 1.165) is 12.1 Å². The van der Waals surface area contributed by atoms with Crippen molar-refractivity contribution in [2.24, 2.45) is 0 Å². The lowest BCUT2D eigenvalue weighted by Crippen LogP contribution is -2.22. The molecule has 0 saturated heterocycles. The summed E-state index contributed by atoms with van der Waals surface area (Å²) in [5.41, 5.74) is -0.417. The molecule has 0 aliphatic carbocycles. The molecule has 0 heterocycles. The number of carboxylic acids is 2. The Bertz CT molecular complexity index is 405. The lowest BCUT2D eigenvalue weighted by atomic mass is 9.99. The van der Waals surface area contributed by atoms with Crippen LogP contribution in [0.3, 0.4) is 0 Å². The first-order valence-electron chi connectivity index (χ1n) is 3.84. The highest BCUT2D eigenvalue weighted by Crippen LogP contribution is 2.23. The maximum absolute atomic E-state index is 13.2. The number of hydrogen-bond acceptors (Lipinski definition) is 2. The van der Waals surface area contributed by atoms with Gasteiger partial charge in [-0.05, 0) is 12.1 Å². The Balaban J connectivity index is 3.23. The van der Waals surface area contributed by atoms with Crippen LogP contribution in [0.2, 0.25) is 5.02 Å². The first kappa shape index (κ1) is 11.5. The number of carbonyl (C=O) groups is 2. The van der Waals surface area contributed by atoms with Gasteiger partial charge in [-0.25, -0.2) is 4.39 Å². The fourth-order valence-corrected chi connectivity index (χ4v) is 1.27. The number of hydrogen-bond donors (Lipinski definition) is 2. The van der Waals surface area contributed by atoms with Crippen molar-refractivity contribution in [1.82, 2.24) is 0 Å². The minimum atomic E-state index is -1.91. The minimum absolute atomic E-state index is 0.0748. The zero-order valence-electron chi connectivity index (χ0n) is 7.28. The van der Waals surface area contributed by atoms with Gasteiger partial charge in [0.1, 0.15) is 5.82 Å². The second-order valence-corrected chi connectivity index (χ2v) is 3.21. The quantitative estimate of drug-likeness (QED) is 0.779. The Labute approximate surface area is 88.9 Å². The van der Waals surface area contributed by atoms with E-state index >= 15 is 0 Å². The summed E-state index contributed by atoms with van der Waals surface area (Å²) in [5.74, 6) is -6.10. The number of rotatable bonds is 3. The van der Waals surface area contributed by atoms with Crippen molar-refractivity contribution in [3.8, 4) is 0 Å². The van der Waals surface area contributed by atoms with Crippen molar-refractivity contribution in [3.63, 3.8) is 0 Å². The second-order valence-electron chi connectivity index (χ2n) is 2.78. The fourth-order valence-electron chi connectivity index (χ4n) is 1.11. The van der Waals surface area contributed by atoms with Crippen molar-refractivity contribution < 1.29 is 24.2 Å². The van der Waals surface area contributed by atoms with Gasteiger partial charge < -0.3 is 10.2 Å². The molecule has 80 valence electrons. The van der Waals surface area contributed by atoms with Gasteiger partial charge in [0.2, 0.25) is 0 Å². The van der Waals surface area contributed by atoms with E-state index in [1.807, 2.05) is 0 Å². The molecule has 2 N–H and O–H groups in total. The number of halogens is 2. The topological polar surface area (TPSA) is 74.6 Å². The zero-order valence-corrected chi connectivity index (χ0v) is 8.03. The van der Waals surface area contributed by atoms with Crippen molar-refractivity contribution in [1.29, 1.82) is 0 Å². The number of carboxylic acid groups (broad SMARTS) is 2. The van der Waals surface area contributed by atoms with E-state index in [4.69, 9.17) is 21.8 Å². The van der Waals surface area contributed by atoms with E-state index in [-0.39, 0.29) is 5.02 Å². The molecule has 0 amide bonds. The van der Waals surface area contributed by atoms with Gasteiger partial charge in [0.15, 0.2) is 5.92 Å². The van der Waals surface area contributed by atoms with Crippen molar-refractivity contribution in [3.05, 3.63) is 34.6 Å². The van der Waals surface area contributed by atoms with E-state index in [1.54, 1.807) is 0 Å². The van der Waals surface area contributed by atoms with Crippen molar-refractivity contribution in [2.75, 3.05) is 0 Å². The van der Waals surface area contributed by atoms with Crippen LogP contribution in [0.15, 0.2) is 18.2 Å². The van der Waals surface area contributed by atoms with E-state index in [0.29, 0.717) is 0 Å². The van der Waals surface area contributed by atoms with E-state index in [2.05, 4.69) is 0 Å². The summed E-state index contributed by atoms with van der Waals surface area (Å²) in [6, 6.07) is 3.15. The van der Waals surface area contributed by atoms with Crippen LogP contribution in [0.25, 0.3) is 0 Å². The average Bonchev–Trinajstić information content (AvgIpc) is 2.08. The Morgan fingerprint density at radius 2 is 1.80 bits per heavy atom. The highest BCUT2D eigenvalue weighted by molar-refractivity contribution is 6.30. The lowest BCUT2D eigenvalue weighted by Gasteiger charge is -2.08. The highest BCUT2D eigenvalue weighted by atomic mass is 35.5. The average molecular weight is 233 g/mol. The molecular formula is C9H6ClFO4. The summed E-state index contributed by atoms with van der Waals surface area (Å²) >= 11 is 5.45. The third-order valence-electron chi connectivity index (χ3n) is 1.77. The van der Waals surface area contributed by atoms with Crippen LogP contribution in [0.5, 0.6) is 0 Å². The van der Waals surface area contributed by atoms with Gasteiger partial charge >= 0.3 is 11.9 Å². The van der Waals surface area contributed by atoms with Gasteiger partial charge in [0, 0.05) is 10.6 Å². The maximum Gasteiger partial charge on any atom is 0.322 e. The first-order chi connectivity index (χ1) is 6.93. The van der Waals surface area contributed by atoms with E-state index in [1.165, 1.54) is 6.07 Å². The largest absolute Gasteiger partial charge is 0.480 e. The molecule has 0 aliphatic rings. The molecule has 0 aliphatic heterocycles. The zero-order chi connectivity index (χ0) is 11.6. The van der Waals surface area contributed by atoms with Crippen LogP contribution < -0.4 is 0 Å². The van der Waals surface area contributed by atoms with Gasteiger partial charge in [-0.15, -0.1) is 0 Å². The summed E-state index contributed by atoms with van der Waals surface area (Å²) in [5, 5.41) is 17.3. The van der Waals surface area contributed by atoms with E-state index < -0.39 is 29.2 Å². The van der Waals surface area contributed by atoms with Crippen LogP contribution in [0.1, 0.15) is 11.5 Å². The number of benzene rings is 1. The fraction of sp³-hybridized carbons (Fsp3) is 0.111. The molecule has 15 heavy (non-hydrogen) atoms. The van der Waals surface area contributed by atoms with E-state index in [9.17, 15) is 14.0 Å². The lowest BCUT2D eigenvalue weighted by molar-refractivity contribution is -0.150. The van der Waals surface area contributed by atoms with Crippen molar-refractivity contribution >= 4 is 23.5 Å². The normalized spacial score (nSPS) is 10.3. The third-order valence-corrected chi connectivity index (χ3v) is 2.00. The molecule has 1 aromatic rings. The van der Waals surface area contributed by atoms with Gasteiger partial charge in [0.05, 0.1) is 0 Å². The van der Waals surface area contributed by atoms with Gasteiger partial charge in [-0.3, -0.25) is 9.59 Å². The maximum atomic E-state index is 13.2. The highest BCUT2D eigenvalue weighted by Gasteiger charge is 2.30. The summed E-state index contributed by atoms with van der Waals surface area (Å²) in [6.07, 6.45) is 0. The van der Waals surface area contributed by atoms with Gasteiger partial charge in [0.25, 0.3) is 0 Å². The standard InChI is InChI=1S/C9H6ClFO4/c10-4-1-2-5(6(11)3-4)7(8(12)13)9(14)15/h1-3,7H,(H,12,13)(H,14,15). The molecule has 1 rings (SSSR count). The third kappa shape index (κ3) is 2.44.